The molecule has 9 nitrogen and oxygen atoms in total. The molecule has 2 heterocycles. The lowest BCUT2D eigenvalue weighted by Crippen LogP contribution is -2.44. The van der Waals surface area contributed by atoms with Gasteiger partial charge in [-0.1, -0.05) is 74.3 Å². The van der Waals surface area contributed by atoms with Crippen molar-refractivity contribution in [2.75, 3.05) is 16.8 Å². The molecule has 2 atom stereocenters. The van der Waals surface area contributed by atoms with E-state index in [0.29, 0.717) is 50.5 Å². The summed E-state index contributed by atoms with van der Waals surface area (Å²) in [7, 11) is 0. The quantitative estimate of drug-likeness (QED) is 0.287. The van der Waals surface area contributed by atoms with E-state index in [-0.39, 0.29) is 23.7 Å². The van der Waals surface area contributed by atoms with Gasteiger partial charge >= 0.3 is 0 Å². The van der Waals surface area contributed by atoms with E-state index in [9.17, 15) is 9.59 Å². The molecule has 0 saturated carbocycles. The van der Waals surface area contributed by atoms with Crippen molar-refractivity contribution in [1.29, 1.82) is 0 Å². The molecule has 40 heavy (non-hydrogen) atoms. The van der Waals surface area contributed by atoms with Crippen LogP contribution in [0.2, 0.25) is 10.0 Å². The van der Waals surface area contributed by atoms with Gasteiger partial charge in [-0.2, -0.15) is 5.21 Å². The summed E-state index contributed by atoms with van der Waals surface area (Å²) in [5.74, 6) is -0.305. The molecule has 1 aliphatic rings. The topological polar surface area (TPSA) is 113 Å². The zero-order valence-electron chi connectivity index (χ0n) is 22.2. The number of H-pyrrole nitrogens is 1. The van der Waals surface area contributed by atoms with Crippen LogP contribution in [0.15, 0.2) is 66.7 Å². The maximum Gasteiger partial charge on any atom is 0.256 e. The van der Waals surface area contributed by atoms with Crippen LogP contribution in [-0.2, 0) is 14.3 Å². The van der Waals surface area contributed by atoms with Crippen LogP contribution in [-0.4, -0.2) is 45.1 Å². The number of halogens is 2. The number of amides is 2. The van der Waals surface area contributed by atoms with Crippen LogP contribution in [0.1, 0.15) is 44.4 Å². The van der Waals surface area contributed by atoms with Gasteiger partial charge in [0.1, 0.15) is 12.2 Å². The maximum absolute atomic E-state index is 14.1. The van der Waals surface area contributed by atoms with Crippen molar-refractivity contribution < 1.29 is 14.3 Å². The van der Waals surface area contributed by atoms with Crippen molar-refractivity contribution in [3.63, 3.8) is 0 Å². The summed E-state index contributed by atoms with van der Waals surface area (Å²) in [6, 6.07) is 19.7. The van der Waals surface area contributed by atoms with Crippen molar-refractivity contribution in [3.05, 3.63) is 87.9 Å². The highest BCUT2D eigenvalue weighted by molar-refractivity contribution is 6.31. The molecule has 2 amide bonds. The highest BCUT2D eigenvalue weighted by atomic mass is 35.5. The van der Waals surface area contributed by atoms with Crippen molar-refractivity contribution in [3.8, 4) is 11.4 Å². The molecule has 1 aromatic heterocycles. The number of hydrogen-bond acceptors (Lipinski definition) is 6. The third kappa shape index (κ3) is 6.17. The molecule has 4 aromatic rings. The summed E-state index contributed by atoms with van der Waals surface area (Å²) in [5.41, 5.74) is 3.02. The lowest BCUT2D eigenvalue weighted by Gasteiger charge is -2.31. The molecule has 0 bridgehead atoms. The fraction of sp³-hybridized carbons (Fsp3) is 0.276. The summed E-state index contributed by atoms with van der Waals surface area (Å²) in [5, 5.41) is 17.8. The SMILES string of the molecule is CC(C)(C)CN1C(=O)C(CC(=O)Nc2cccc(-c3nn[nH]n3)c2)OC(c2ccccc2Cl)c2cc(Cl)ccc21. The van der Waals surface area contributed by atoms with Crippen molar-refractivity contribution in [1.82, 2.24) is 20.6 Å². The number of carbonyl (C=O) groups is 2. The lowest BCUT2D eigenvalue weighted by molar-refractivity contribution is -0.136. The number of rotatable bonds is 6. The number of carbonyl (C=O) groups excluding carboxylic acids is 2. The number of hydrogen-bond donors (Lipinski definition) is 2. The summed E-state index contributed by atoms with van der Waals surface area (Å²) < 4.78 is 6.48. The van der Waals surface area contributed by atoms with Gasteiger partial charge in [-0.25, -0.2) is 0 Å². The van der Waals surface area contributed by atoms with Crippen LogP contribution in [0.5, 0.6) is 0 Å². The largest absolute Gasteiger partial charge is 0.355 e. The first kappa shape index (κ1) is 27.8. The van der Waals surface area contributed by atoms with Crippen LogP contribution in [0, 0.1) is 5.41 Å². The molecule has 0 saturated heterocycles. The number of fused-ring (bicyclic) bond motifs is 1. The Morgan fingerprint density at radius 1 is 1.05 bits per heavy atom. The predicted octanol–water partition coefficient (Wildman–Crippen LogP) is 6.07. The molecule has 1 aliphatic heterocycles. The summed E-state index contributed by atoms with van der Waals surface area (Å²) >= 11 is 13.0. The third-order valence-electron chi connectivity index (χ3n) is 6.35. The second-order valence-electron chi connectivity index (χ2n) is 10.8. The van der Waals surface area contributed by atoms with Crippen LogP contribution in [0.25, 0.3) is 11.4 Å². The van der Waals surface area contributed by atoms with Crippen LogP contribution in [0.3, 0.4) is 0 Å². The number of benzene rings is 3. The third-order valence-corrected chi connectivity index (χ3v) is 6.92. The minimum absolute atomic E-state index is 0.214. The fourth-order valence-corrected chi connectivity index (χ4v) is 5.09. The smallest absolute Gasteiger partial charge is 0.256 e. The Morgan fingerprint density at radius 3 is 2.58 bits per heavy atom. The van der Waals surface area contributed by atoms with Crippen molar-refractivity contribution >= 4 is 46.4 Å². The molecule has 206 valence electrons. The van der Waals surface area contributed by atoms with E-state index >= 15 is 0 Å². The van der Waals surface area contributed by atoms with E-state index in [2.05, 4.69) is 25.9 Å². The van der Waals surface area contributed by atoms with E-state index in [4.69, 9.17) is 27.9 Å². The molecule has 0 fully saturated rings. The number of aromatic amines is 1. The first-order valence-electron chi connectivity index (χ1n) is 12.7. The molecule has 11 heteroatoms. The van der Waals surface area contributed by atoms with E-state index in [1.54, 1.807) is 47.4 Å². The first-order chi connectivity index (χ1) is 19.1. The van der Waals surface area contributed by atoms with Gasteiger partial charge in [0.15, 0.2) is 0 Å². The number of tetrazole rings is 1. The van der Waals surface area contributed by atoms with E-state index < -0.39 is 12.2 Å². The minimum Gasteiger partial charge on any atom is -0.355 e. The Balaban J connectivity index is 1.49. The minimum atomic E-state index is -1.09. The maximum atomic E-state index is 14.1. The monoisotopic (exact) mass is 578 g/mol. The summed E-state index contributed by atoms with van der Waals surface area (Å²) in [4.78, 5) is 29.1. The number of aromatic nitrogens is 4. The summed E-state index contributed by atoms with van der Waals surface area (Å²) in [6.45, 7) is 6.55. The lowest BCUT2D eigenvalue weighted by atomic mass is 9.94. The number of anilines is 2. The van der Waals surface area contributed by atoms with E-state index in [1.165, 1.54) is 0 Å². The van der Waals surface area contributed by atoms with Gasteiger partial charge in [0, 0.05) is 44.7 Å². The highest BCUT2D eigenvalue weighted by Crippen LogP contribution is 2.42. The molecular weight excluding hydrogens is 551 g/mol. The number of nitrogens with one attached hydrogen (secondary N) is 2. The standard InChI is InChI=1S/C29H28Cl2N6O3/c1-29(2,3)16-37-23-12-11-18(30)14-21(23)26(20-9-4-5-10-22(20)31)40-24(28(37)39)15-25(38)32-19-8-6-7-17(13-19)27-33-35-36-34-27/h4-14,24,26H,15-16H2,1-3H3,(H,32,38)(H,33,34,35,36). The number of nitrogens with zero attached hydrogens (tertiary/aromatic N) is 4. The molecule has 0 spiro atoms. The van der Waals surface area contributed by atoms with Gasteiger partial charge in [0.25, 0.3) is 5.91 Å². The average molecular weight is 579 g/mol. The van der Waals surface area contributed by atoms with Gasteiger partial charge in [-0.05, 0) is 47.0 Å². The zero-order chi connectivity index (χ0) is 28.4. The van der Waals surface area contributed by atoms with Gasteiger partial charge in [-0.15, -0.1) is 10.2 Å². The van der Waals surface area contributed by atoms with Crippen LogP contribution >= 0.6 is 23.2 Å². The van der Waals surface area contributed by atoms with Gasteiger partial charge < -0.3 is 15.0 Å². The van der Waals surface area contributed by atoms with Crippen LogP contribution < -0.4 is 10.2 Å². The molecule has 2 N–H and O–H groups in total. The second kappa shape index (κ2) is 11.4. The molecular formula is C29H28Cl2N6O3. The molecule has 3 aromatic carbocycles. The molecule has 5 rings (SSSR count). The Morgan fingerprint density at radius 2 is 1.85 bits per heavy atom. The Bertz CT molecular complexity index is 1540. The van der Waals surface area contributed by atoms with Crippen LogP contribution in [0.4, 0.5) is 11.4 Å². The fourth-order valence-electron chi connectivity index (χ4n) is 4.67. The Kier molecular flexibility index (Phi) is 7.89. The summed E-state index contributed by atoms with van der Waals surface area (Å²) in [6.07, 6.45) is -2.03. The Hall–Kier alpha value is -3.79. The normalized spacial score (nSPS) is 17.3. The Labute approximate surface area is 241 Å². The zero-order valence-corrected chi connectivity index (χ0v) is 23.7. The molecule has 2 unspecified atom stereocenters. The molecule has 0 aliphatic carbocycles. The predicted molar refractivity (Wildman–Crippen MR) is 154 cm³/mol. The number of ether oxygens (including phenoxy) is 1. The van der Waals surface area contributed by atoms with E-state index in [0.717, 1.165) is 0 Å². The van der Waals surface area contributed by atoms with Gasteiger partial charge in [-0.3, -0.25) is 9.59 Å². The van der Waals surface area contributed by atoms with E-state index in [1.807, 2.05) is 45.0 Å². The first-order valence-corrected chi connectivity index (χ1v) is 13.5. The average Bonchev–Trinajstić information content (AvgIpc) is 3.42. The van der Waals surface area contributed by atoms with Crippen molar-refractivity contribution in [2.45, 2.75) is 39.4 Å². The van der Waals surface area contributed by atoms with Gasteiger partial charge in [0.2, 0.25) is 11.7 Å². The van der Waals surface area contributed by atoms with Crippen molar-refractivity contribution in [2.24, 2.45) is 5.41 Å². The second-order valence-corrected chi connectivity index (χ2v) is 11.6. The van der Waals surface area contributed by atoms with Gasteiger partial charge in [0.05, 0.1) is 6.42 Å². The molecule has 0 radical (unpaired) electrons. The highest BCUT2D eigenvalue weighted by Gasteiger charge is 2.39.